The minimum absolute atomic E-state index is 0.227. The second-order valence-corrected chi connectivity index (χ2v) is 5.03. The largest absolute Gasteiger partial charge is 0.473 e. The minimum atomic E-state index is 0.227. The topological polar surface area (TPSA) is 45.9 Å². The molecule has 0 spiro atoms. The van der Waals surface area contributed by atoms with Crippen molar-refractivity contribution in [2.24, 2.45) is 5.92 Å². The molecule has 3 heteroatoms. The van der Waals surface area contributed by atoms with Crippen LogP contribution in [0.2, 0.25) is 0 Å². The van der Waals surface area contributed by atoms with Gasteiger partial charge in [0.15, 0.2) is 0 Å². The fourth-order valence-corrected chi connectivity index (χ4v) is 2.65. The van der Waals surface area contributed by atoms with Crippen LogP contribution in [0.3, 0.4) is 0 Å². The number of ether oxygens (including phenoxy) is 1. The summed E-state index contributed by atoms with van der Waals surface area (Å²) in [5.74, 6) is 1.12. The average molecular weight is 244 g/mol. The van der Waals surface area contributed by atoms with Crippen LogP contribution < -0.4 is 4.74 Å². The van der Waals surface area contributed by atoms with Gasteiger partial charge in [0.2, 0.25) is 5.88 Å². The van der Waals surface area contributed by atoms with E-state index in [1.165, 1.54) is 19.3 Å². The molecule has 0 aromatic carbocycles. The maximum Gasteiger partial charge on any atom is 0.232 e. The molecule has 1 saturated carbocycles. The van der Waals surface area contributed by atoms with Gasteiger partial charge < -0.3 is 4.74 Å². The molecule has 96 valence electrons. The summed E-state index contributed by atoms with van der Waals surface area (Å²) < 4.78 is 6.03. The van der Waals surface area contributed by atoms with Gasteiger partial charge in [-0.15, -0.1) is 0 Å². The molecular formula is C15H20N2O. The first-order chi connectivity index (χ1) is 8.74. The van der Waals surface area contributed by atoms with E-state index in [-0.39, 0.29) is 6.10 Å². The number of rotatable bonds is 3. The van der Waals surface area contributed by atoms with Crippen LogP contribution in [-0.2, 0) is 0 Å². The second-order valence-electron chi connectivity index (χ2n) is 5.03. The Hall–Kier alpha value is -1.56. The summed E-state index contributed by atoms with van der Waals surface area (Å²) in [7, 11) is 0. The predicted octanol–water partition coefficient (Wildman–Crippen LogP) is 3.61. The van der Waals surface area contributed by atoms with Crippen LogP contribution >= 0.6 is 0 Å². The first-order valence-corrected chi connectivity index (χ1v) is 6.79. The summed E-state index contributed by atoms with van der Waals surface area (Å²) in [4.78, 5) is 4.36. The second kappa shape index (κ2) is 5.86. The van der Waals surface area contributed by atoms with Gasteiger partial charge in [0.05, 0.1) is 0 Å². The van der Waals surface area contributed by atoms with E-state index in [2.05, 4.69) is 18.0 Å². The molecule has 2 unspecified atom stereocenters. The van der Waals surface area contributed by atoms with E-state index in [0.29, 0.717) is 17.4 Å². The quantitative estimate of drug-likeness (QED) is 0.816. The lowest BCUT2D eigenvalue weighted by molar-refractivity contribution is 0.0854. The molecule has 0 saturated heterocycles. The van der Waals surface area contributed by atoms with Crippen molar-refractivity contribution in [3.63, 3.8) is 0 Å². The highest BCUT2D eigenvalue weighted by molar-refractivity contribution is 5.38. The number of pyridine rings is 1. The zero-order chi connectivity index (χ0) is 13.0. The van der Waals surface area contributed by atoms with Crippen LogP contribution in [0, 0.1) is 24.2 Å². The highest BCUT2D eigenvalue weighted by Gasteiger charge is 2.26. The van der Waals surface area contributed by atoms with Crippen molar-refractivity contribution in [2.75, 3.05) is 0 Å². The molecule has 1 aromatic heterocycles. The van der Waals surface area contributed by atoms with Gasteiger partial charge in [0, 0.05) is 5.69 Å². The Kier molecular flexibility index (Phi) is 4.19. The number of hydrogen-bond acceptors (Lipinski definition) is 3. The summed E-state index contributed by atoms with van der Waals surface area (Å²) in [6, 6.07) is 5.80. The van der Waals surface area contributed by atoms with Crippen molar-refractivity contribution in [2.45, 2.75) is 52.1 Å². The Bertz CT molecular complexity index is 450. The van der Waals surface area contributed by atoms with Gasteiger partial charge in [-0.25, -0.2) is 4.98 Å². The first kappa shape index (κ1) is 12.9. The van der Waals surface area contributed by atoms with Crippen LogP contribution in [-0.4, -0.2) is 11.1 Å². The number of nitriles is 1. The Morgan fingerprint density at radius 2 is 2.17 bits per heavy atom. The molecular weight excluding hydrogens is 224 g/mol. The molecule has 0 bridgehead atoms. The van der Waals surface area contributed by atoms with Crippen LogP contribution in [0.4, 0.5) is 0 Å². The lowest BCUT2D eigenvalue weighted by Crippen LogP contribution is -2.30. The van der Waals surface area contributed by atoms with E-state index in [1.807, 2.05) is 13.0 Å². The summed E-state index contributed by atoms with van der Waals surface area (Å²) in [6.07, 6.45) is 6.19. The maximum absolute atomic E-state index is 9.09. The van der Waals surface area contributed by atoms with E-state index in [1.54, 1.807) is 6.07 Å². The number of aryl methyl sites for hydroxylation is 1. The van der Waals surface area contributed by atoms with Crippen molar-refractivity contribution in [1.82, 2.24) is 4.98 Å². The molecule has 1 aliphatic rings. The lowest BCUT2D eigenvalue weighted by Gasteiger charge is -2.31. The molecule has 1 aromatic rings. The summed E-state index contributed by atoms with van der Waals surface area (Å²) in [5, 5.41) is 9.09. The summed E-state index contributed by atoms with van der Waals surface area (Å²) in [6.45, 7) is 4.13. The monoisotopic (exact) mass is 244 g/mol. The third-order valence-corrected chi connectivity index (χ3v) is 3.75. The van der Waals surface area contributed by atoms with Crippen LogP contribution in [0.5, 0.6) is 5.88 Å². The van der Waals surface area contributed by atoms with Gasteiger partial charge in [-0.3, -0.25) is 0 Å². The van der Waals surface area contributed by atoms with Crippen molar-refractivity contribution in [3.05, 3.63) is 23.4 Å². The van der Waals surface area contributed by atoms with E-state index >= 15 is 0 Å². The molecule has 3 nitrogen and oxygen atoms in total. The van der Waals surface area contributed by atoms with Crippen LogP contribution in [0.25, 0.3) is 0 Å². The Balaban J connectivity index is 2.17. The van der Waals surface area contributed by atoms with E-state index in [0.717, 1.165) is 18.5 Å². The first-order valence-electron chi connectivity index (χ1n) is 6.79. The third kappa shape index (κ3) is 2.81. The molecule has 0 radical (unpaired) electrons. The van der Waals surface area contributed by atoms with Crippen molar-refractivity contribution >= 4 is 0 Å². The van der Waals surface area contributed by atoms with E-state index in [9.17, 15) is 0 Å². The maximum atomic E-state index is 9.09. The molecule has 2 atom stereocenters. The lowest BCUT2D eigenvalue weighted by atomic mass is 9.85. The van der Waals surface area contributed by atoms with Crippen molar-refractivity contribution < 1.29 is 4.74 Å². The molecule has 0 N–H and O–H groups in total. The fourth-order valence-electron chi connectivity index (χ4n) is 2.65. The van der Waals surface area contributed by atoms with Gasteiger partial charge in [0.1, 0.15) is 17.7 Å². The number of nitrogens with zero attached hydrogens (tertiary/aromatic N) is 2. The van der Waals surface area contributed by atoms with E-state index < -0.39 is 0 Å². The minimum Gasteiger partial charge on any atom is -0.473 e. The van der Waals surface area contributed by atoms with Crippen LogP contribution in [0.1, 0.15) is 50.3 Å². The molecule has 1 heterocycles. The Morgan fingerprint density at radius 3 is 2.89 bits per heavy atom. The highest BCUT2D eigenvalue weighted by Crippen LogP contribution is 2.30. The van der Waals surface area contributed by atoms with Crippen molar-refractivity contribution in [3.8, 4) is 11.9 Å². The normalized spacial score (nSPS) is 23.4. The zero-order valence-corrected chi connectivity index (χ0v) is 11.1. The van der Waals surface area contributed by atoms with Gasteiger partial charge in [-0.05, 0) is 50.7 Å². The number of hydrogen-bond donors (Lipinski definition) is 0. The smallest absolute Gasteiger partial charge is 0.232 e. The van der Waals surface area contributed by atoms with Gasteiger partial charge >= 0.3 is 0 Å². The molecule has 1 aliphatic carbocycles. The SMILES string of the molecule is CCC1CCCCC1Oc1nc(C)ccc1C#N. The predicted molar refractivity (Wildman–Crippen MR) is 70.4 cm³/mol. The molecule has 0 aliphatic heterocycles. The average Bonchev–Trinajstić information content (AvgIpc) is 2.40. The zero-order valence-electron chi connectivity index (χ0n) is 11.1. The third-order valence-electron chi connectivity index (χ3n) is 3.75. The Morgan fingerprint density at radius 1 is 1.39 bits per heavy atom. The molecule has 18 heavy (non-hydrogen) atoms. The van der Waals surface area contributed by atoms with Gasteiger partial charge in [-0.2, -0.15) is 5.26 Å². The molecule has 2 rings (SSSR count). The van der Waals surface area contributed by atoms with Gasteiger partial charge in [0.25, 0.3) is 0 Å². The standard InChI is InChI=1S/C15H20N2O/c1-3-12-6-4-5-7-14(12)18-15-13(10-16)9-8-11(2)17-15/h8-9,12,14H,3-7H2,1-2H3. The fraction of sp³-hybridized carbons (Fsp3) is 0.600. The highest BCUT2D eigenvalue weighted by atomic mass is 16.5. The molecule has 1 fully saturated rings. The summed E-state index contributed by atoms with van der Waals surface area (Å²) >= 11 is 0. The van der Waals surface area contributed by atoms with Gasteiger partial charge in [-0.1, -0.05) is 13.3 Å². The van der Waals surface area contributed by atoms with Crippen LogP contribution in [0.15, 0.2) is 12.1 Å². The van der Waals surface area contributed by atoms with Crippen molar-refractivity contribution in [1.29, 1.82) is 5.26 Å². The Labute approximate surface area is 109 Å². The summed E-state index contributed by atoms with van der Waals surface area (Å²) in [5.41, 5.74) is 1.44. The molecule has 0 amide bonds. The van der Waals surface area contributed by atoms with E-state index in [4.69, 9.17) is 10.00 Å². The number of aromatic nitrogens is 1.